The quantitative estimate of drug-likeness (QED) is 0.623. The van der Waals surface area contributed by atoms with Crippen molar-refractivity contribution in [3.63, 3.8) is 0 Å². The summed E-state index contributed by atoms with van der Waals surface area (Å²) < 4.78 is 0. The summed E-state index contributed by atoms with van der Waals surface area (Å²) >= 11 is 0. The Kier molecular flexibility index (Phi) is 3.39. The maximum atomic E-state index is 11.4. The topological polar surface area (TPSA) is 112 Å². The number of nitrogens with one attached hydrogen (secondary N) is 2. The van der Waals surface area contributed by atoms with E-state index in [0.29, 0.717) is 5.69 Å². The number of hydrogen-bond donors (Lipinski definition) is 3. The number of aromatic amines is 1. The molecule has 0 aliphatic rings. The van der Waals surface area contributed by atoms with Crippen LogP contribution in [0.5, 0.6) is 0 Å². The van der Waals surface area contributed by atoms with Gasteiger partial charge in [-0.2, -0.15) is 0 Å². The van der Waals surface area contributed by atoms with Gasteiger partial charge in [0.05, 0.1) is 5.69 Å². The van der Waals surface area contributed by atoms with Crippen molar-refractivity contribution in [2.45, 2.75) is 13.8 Å². The number of rotatable bonds is 3. The Balaban J connectivity index is 2.96. The van der Waals surface area contributed by atoms with Gasteiger partial charge in [0.2, 0.25) is 0 Å². The van der Waals surface area contributed by atoms with E-state index in [2.05, 4.69) is 15.3 Å². The van der Waals surface area contributed by atoms with Crippen molar-refractivity contribution in [3.05, 3.63) is 27.4 Å². The van der Waals surface area contributed by atoms with Crippen LogP contribution in [0, 0.1) is 13.8 Å². The summed E-state index contributed by atoms with van der Waals surface area (Å²) in [6, 6.07) is 0. The number of H-pyrrole nitrogens is 1. The number of nitrogens with zero attached hydrogens (tertiary/aromatic N) is 1. The molecule has 7 heteroatoms. The van der Waals surface area contributed by atoms with Gasteiger partial charge >= 0.3 is 5.97 Å². The lowest BCUT2D eigenvalue weighted by atomic mass is 10.3. The summed E-state index contributed by atoms with van der Waals surface area (Å²) in [7, 11) is 0. The molecule has 0 bridgehead atoms. The average Bonchev–Trinajstić information content (AvgIpc) is 2.20. The number of carboxylic acid groups (broad SMARTS) is 1. The van der Waals surface area contributed by atoms with Crippen molar-refractivity contribution in [2.75, 3.05) is 6.54 Å². The standard InChI is InChI=1S/C9H11N3O4/c1-4-7(9(16)10-3-6(13)14)12-8(15)5(2)11-4/h3H2,1-2H3,(H,10,16)(H,12,15)(H,13,14). The minimum absolute atomic E-state index is 0.0168. The van der Waals surface area contributed by atoms with E-state index in [1.54, 1.807) is 6.92 Å². The Morgan fingerprint density at radius 3 is 2.56 bits per heavy atom. The maximum absolute atomic E-state index is 11.4. The van der Waals surface area contributed by atoms with Gasteiger partial charge in [-0.15, -0.1) is 0 Å². The van der Waals surface area contributed by atoms with Crippen LogP contribution in [0.4, 0.5) is 0 Å². The lowest BCUT2D eigenvalue weighted by Crippen LogP contribution is -2.32. The Morgan fingerprint density at radius 1 is 1.38 bits per heavy atom. The van der Waals surface area contributed by atoms with Crippen LogP contribution in [0.1, 0.15) is 21.9 Å². The van der Waals surface area contributed by atoms with Gasteiger partial charge in [-0.1, -0.05) is 0 Å². The van der Waals surface area contributed by atoms with E-state index in [1.807, 2.05) is 0 Å². The molecule has 1 heterocycles. The number of carboxylic acids is 1. The monoisotopic (exact) mass is 225 g/mol. The number of carbonyl (C=O) groups excluding carboxylic acids is 1. The number of carbonyl (C=O) groups is 2. The summed E-state index contributed by atoms with van der Waals surface area (Å²) in [5, 5.41) is 10.5. The normalized spacial score (nSPS) is 9.88. The Hall–Kier alpha value is -2.18. The molecule has 0 fully saturated rings. The fourth-order valence-electron chi connectivity index (χ4n) is 1.12. The van der Waals surface area contributed by atoms with E-state index < -0.39 is 24.0 Å². The molecule has 1 rings (SSSR count). The van der Waals surface area contributed by atoms with Crippen molar-refractivity contribution < 1.29 is 14.7 Å². The Labute approximate surface area is 90.5 Å². The van der Waals surface area contributed by atoms with E-state index in [0.717, 1.165) is 0 Å². The summed E-state index contributed by atoms with van der Waals surface area (Å²) in [6.07, 6.45) is 0. The number of aryl methyl sites for hydroxylation is 2. The second kappa shape index (κ2) is 4.56. The highest BCUT2D eigenvalue weighted by molar-refractivity contribution is 5.94. The first-order valence-corrected chi connectivity index (χ1v) is 4.49. The van der Waals surface area contributed by atoms with Crippen LogP contribution in [-0.2, 0) is 4.79 Å². The number of aromatic nitrogens is 2. The van der Waals surface area contributed by atoms with Crippen LogP contribution >= 0.6 is 0 Å². The molecule has 86 valence electrons. The third-order valence-corrected chi connectivity index (χ3v) is 1.89. The molecule has 1 amide bonds. The van der Waals surface area contributed by atoms with Gasteiger partial charge in [0.15, 0.2) is 0 Å². The third kappa shape index (κ3) is 2.66. The molecule has 1 aromatic heterocycles. The van der Waals surface area contributed by atoms with Gasteiger partial charge in [-0.3, -0.25) is 19.4 Å². The summed E-state index contributed by atoms with van der Waals surface area (Å²) in [4.78, 5) is 39.1. The van der Waals surface area contributed by atoms with Crippen LogP contribution < -0.4 is 10.9 Å². The molecule has 0 saturated heterocycles. The molecule has 0 unspecified atom stereocenters. The molecule has 0 spiro atoms. The van der Waals surface area contributed by atoms with E-state index in [9.17, 15) is 14.4 Å². The maximum Gasteiger partial charge on any atom is 0.322 e. The van der Waals surface area contributed by atoms with Crippen molar-refractivity contribution in [2.24, 2.45) is 0 Å². The number of hydrogen-bond acceptors (Lipinski definition) is 4. The molecule has 0 radical (unpaired) electrons. The zero-order valence-corrected chi connectivity index (χ0v) is 8.83. The summed E-state index contributed by atoms with van der Waals surface area (Å²) in [5.74, 6) is -1.82. The van der Waals surface area contributed by atoms with E-state index in [1.165, 1.54) is 6.92 Å². The van der Waals surface area contributed by atoms with Crippen molar-refractivity contribution in [3.8, 4) is 0 Å². The molecule has 16 heavy (non-hydrogen) atoms. The van der Waals surface area contributed by atoms with E-state index >= 15 is 0 Å². The van der Waals surface area contributed by atoms with Crippen LogP contribution in [-0.4, -0.2) is 33.5 Å². The molecule has 1 aromatic rings. The van der Waals surface area contributed by atoms with Gasteiger partial charge in [0.1, 0.15) is 17.9 Å². The van der Waals surface area contributed by atoms with E-state index in [4.69, 9.17) is 5.11 Å². The summed E-state index contributed by atoms with van der Waals surface area (Å²) in [5.41, 5.74) is 0.121. The predicted octanol–water partition coefficient (Wildman–Crippen LogP) is -0.799. The zero-order chi connectivity index (χ0) is 12.3. The van der Waals surface area contributed by atoms with Crippen molar-refractivity contribution >= 4 is 11.9 Å². The minimum Gasteiger partial charge on any atom is -0.480 e. The second-order valence-electron chi connectivity index (χ2n) is 3.19. The predicted molar refractivity (Wildman–Crippen MR) is 54.3 cm³/mol. The van der Waals surface area contributed by atoms with Crippen LogP contribution in [0.25, 0.3) is 0 Å². The van der Waals surface area contributed by atoms with Crippen molar-refractivity contribution in [1.82, 2.24) is 15.3 Å². The molecular weight excluding hydrogens is 214 g/mol. The highest BCUT2D eigenvalue weighted by atomic mass is 16.4. The Morgan fingerprint density at radius 2 is 2.00 bits per heavy atom. The van der Waals surface area contributed by atoms with Gasteiger partial charge < -0.3 is 15.4 Å². The second-order valence-corrected chi connectivity index (χ2v) is 3.19. The van der Waals surface area contributed by atoms with Crippen LogP contribution in [0.3, 0.4) is 0 Å². The molecule has 0 aromatic carbocycles. The molecule has 0 saturated carbocycles. The molecule has 7 nitrogen and oxygen atoms in total. The Bertz CT molecular complexity index is 492. The van der Waals surface area contributed by atoms with Gasteiger partial charge in [-0.25, -0.2) is 0 Å². The van der Waals surface area contributed by atoms with Gasteiger partial charge in [-0.05, 0) is 13.8 Å². The molecule has 0 aliphatic carbocycles. The fraction of sp³-hybridized carbons (Fsp3) is 0.333. The van der Waals surface area contributed by atoms with Gasteiger partial charge in [0.25, 0.3) is 11.5 Å². The van der Waals surface area contributed by atoms with Crippen LogP contribution in [0.2, 0.25) is 0 Å². The smallest absolute Gasteiger partial charge is 0.322 e. The largest absolute Gasteiger partial charge is 0.480 e. The third-order valence-electron chi connectivity index (χ3n) is 1.89. The molecule has 0 atom stereocenters. The molecular formula is C9H11N3O4. The number of aliphatic carboxylic acids is 1. The molecule has 3 N–H and O–H groups in total. The van der Waals surface area contributed by atoms with Crippen molar-refractivity contribution in [1.29, 1.82) is 0 Å². The average molecular weight is 225 g/mol. The first-order valence-electron chi connectivity index (χ1n) is 4.49. The lowest BCUT2D eigenvalue weighted by molar-refractivity contribution is -0.135. The SMILES string of the molecule is Cc1nc(C)c(=O)[nH]c1C(=O)NCC(=O)O. The minimum atomic E-state index is -1.16. The number of amides is 1. The highest BCUT2D eigenvalue weighted by Crippen LogP contribution is 1.98. The first-order chi connectivity index (χ1) is 7.41. The van der Waals surface area contributed by atoms with Crippen LogP contribution in [0.15, 0.2) is 4.79 Å². The van der Waals surface area contributed by atoms with E-state index in [-0.39, 0.29) is 11.4 Å². The zero-order valence-electron chi connectivity index (χ0n) is 8.83. The molecule has 0 aliphatic heterocycles. The highest BCUT2D eigenvalue weighted by Gasteiger charge is 2.13. The summed E-state index contributed by atoms with van der Waals surface area (Å²) in [6.45, 7) is 2.57. The first kappa shape index (κ1) is 11.9. The fourth-order valence-corrected chi connectivity index (χ4v) is 1.12. The van der Waals surface area contributed by atoms with Gasteiger partial charge in [0, 0.05) is 0 Å². The lowest BCUT2D eigenvalue weighted by Gasteiger charge is -2.05.